The molecule has 182 valence electrons. The van der Waals surface area contributed by atoms with Gasteiger partial charge in [0.15, 0.2) is 0 Å². The third-order valence-electron chi connectivity index (χ3n) is 6.10. The molecule has 2 aromatic carbocycles. The second-order valence-electron chi connectivity index (χ2n) is 9.06. The zero-order chi connectivity index (χ0) is 24.5. The molecule has 1 amide bonds. The van der Waals surface area contributed by atoms with Gasteiger partial charge >= 0.3 is 0 Å². The first-order valence-electron chi connectivity index (χ1n) is 11.8. The van der Waals surface area contributed by atoms with Crippen LogP contribution in [0, 0.1) is 5.82 Å². The van der Waals surface area contributed by atoms with Gasteiger partial charge in [0.1, 0.15) is 28.8 Å². The number of hydrogen-bond acceptors (Lipinski definition) is 7. The number of aromatic nitrogens is 2. The summed E-state index contributed by atoms with van der Waals surface area (Å²) in [5.41, 5.74) is 2.04. The topological polar surface area (TPSA) is 79.8 Å². The highest BCUT2D eigenvalue weighted by atomic mass is 19.1. The normalized spacial score (nSPS) is 17.6. The zero-order valence-corrected chi connectivity index (χ0v) is 20.0. The number of halogens is 1. The number of anilines is 3. The third-order valence-corrected chi connectivity index (χ3v) is 6.10. The lowest BCUT2D eigenvalue weighted by molar-refractivity contribution is 0.0526. The van der Waals surface area contributed by atoms with Gasteiger partial charge in [-0.1, -0.05) is 0 Å². The van der Waals surface area contributed by atoms with Crippen molar-refractivity contribution in [2.45, 2.75) is 39.5 Å². The van der Waals surface area contributed by atoms with Gasteiger partial charge in [0.05, 0.1) is 19.3 Å². The van der Waals surface area contributed by atoms with Crippen LogP contribution in [0.1, 0.15) is 36.8 Å². The maximum Gasteiger partial charge on any atom is 0.273 e. The van der Waals surface area contributed by atoms with Crippen LogP contribution in [-0.4, -0.2) is 52.6 Å². The van der Waals surface area contributed by atoms with Crippen LogP contribution in [0.25, 0.3) is 0 Å². The summed E-state index contributed by atoms with van der Waals surface area (Å²) in [6.45, 7) is 8.38. The lowest BCUT2D eigenvalue weighted by Crippen LogP contribution is -2.42. The van der Waals surface area contributed by atoms with E-state index in [1.165, 1.54) is 12.1 Å². The number of rotatable bonds is 6. The molecule has 2 aliphatic heterocycles. The van der Waals surface area contributed by atoms with E-state index in [2.05, 4.69) is 15.2 Å². The summed E-state index contributed by atoms with van der Waals surface area (Å²) in [5.74, 6) is 1.93. The maximum atomic E-state index is 13.1. The van der Waals surface area contributed by atoms with Crippen molar-refractivity contribution in [2.24, 2.45) is 0 Å². The molecule has 9 heteroatoms. The number of carbonyl (C=O) groups is 1. The van der Waals surface area contributed by atoms with Gasteiger partial charge in [-0.25, -0.2) is 9.37 Å². The quantitative estimate of drug-likeness (QED) is 0.549. The smallest absolute Gasteiger partial charge is 0.273 e. The molecule has 35 heavy (non-hydrogen) atoms. The highest BCUT2D eigenvalue weighted by Crippen LogP contribution is 2.33. The van der Waals surface area contributed by atoms with Gasteiger partial charge in [-0.05, 0) is 69.3 Å². The molecule has 0 saturated carbocycles. The Morgan fingerprint density at radius 2 is 1.77 bits per heavy atom. The lowest BCUT2D eigenvalue weighted by atomic mass is 10.2. The van der Waals surface area contributed by atoms with Gasteiger partial charge < -0.3 is 24.6 Å². The van der Waals surface area contributed by atoms with Crippen molar-refractivity contribution < 1.29 is 18.7 Å². The van der Waals surface area contributed by atoms with Crippen LogP contribution in [0.3, 0.4) is 0 Å². The fourth-order valence-corrected chi connectivity index (χ4v) is 4.22. The first-order chi connectivity index (χ1) is 16.9. The molecule has 8 nitrogen and oxygen atoms in total. The van der Waals surface area contributed by atoms with Gasteiger partial charge in [-0.2, -0.15) is 4.98 Å². The number of morpholine rings is 1. The fraction of sp³-hybridized carbons (Fsp3) is 0.346. The summed E-state index contributed by atoms with van der Waals surface area (Å²) >= 11 is 0. The van der Waals surface area contributed by atoms with E-state index in [-0.39, 0.29) is 23.9 Å². The van der Waals surface area contributed by atoms with Crippen LogP contribution in [0.4, 0.5) is 21.8 Å². The van der Waals surface area contributed by atoms with Crippen LogP contribution in [0.5, 0.6) is 11.5 Å². The molecule has 1 aromatic heterocycles. The van der Waals surface area contributed by atoms with E-state index in [0.717, 1.165) is 11.3 Å². The predicted molar refractivity (Wildman–Crippen MR) is 131 cm³/mol. The summed E-state index contributed by atoms with van der Waals surface area (Å²) in [4.78, 5) is 26.5. The highest BCUT2D eigenvalue weighted by Gasteiger charge is 2.35. The van der Waals surface area contributed by atoms with E-state index in [0.29, 0.717) is 55.2 Å². The molecule has 0 bridgehead atoms. The molecule has 3 heterocycles. The summed E-state index contributed by atoms with van der Waals surface area (Å²) in [6.07, 6.45) is 0.0635. The van der Waals surface area contributed by atoms with Crippen molar-refractivity contribution >= 4 is 23.4 Å². The van der Waals surface area contributed by atoms with Gasteiger partial charge in [-0.15, -0.1) is 0 Å². The molecule has 0 radical (unpaired) electrons. The van der Waals surface area contributed by atoms with E-state index >= 15 is 0 Å². The first-order valence-corrected chi connectivity index (χ1v) is 11.8. The lowest BCUT2D eigenvalue weighted by Gasteiger charge is -2.31. The molecule has 3 aromatic rings. The standard InChI is InChI=1S/C26H28FN5O3/c1-16(2)32-15-22-23(25(32)33)29-26(31-12-13-34-17(3)14-31)30-24(22)28-19-6-10-21(11-7-19)35-20-8-4-18(27)5-9-20/h4-11,16-17H,12-15H2,1-3H3,(H,28,29,30). The molecule has 5 rings (SSSR count). The largest absolute Gasteiger partial charge is 0.457 e. The van der Waals surface area contributed by atoms with Crippen LogP contribution < -0.4 is 15.0 Å². The minimum Gasteiger partial charge on any atom is -0.457 e. The Labute approximate surface area is 203 Å². The molecule has 1 atom stereocenters. The second-order valence-corrected chi connectivity index (χ2v) is 9.06. The van der Waals surface area contributed by atoms with Crippen molar-refractivity contribution in [3.05, 3.63) is 65.6 Å². The van der Waals surface area contributed by atoms with E-state index < -0.39 is 0 Å². The zero-order valence-electron chi connectivity index (χ0n) is 20.0. The maximum absolute atomic E-state index is 13.1. The Balaban J connectivity index is 1.42. The minimum absolute atomic E-state index is 0.0549. The second kappa shape index (κ2) is 9.50. The Morgan fingerprint density at radius 3 is 2.43 bits per heavy atom. The van der Waals surface area contributed by atoms with Crippen molar-refractivity contribution in [3.8, 4) is 11.5 Å². The van der Waals surface area contributed by atoms with Crippen LogP contribution >= 0.6 is 0 Å². The van der Waals surface area contributed by atoms with Crippen LogP contribution in [0.2, 0.25) is 0 Å². The Hall–Kier alpha value is -3.72. The molecular weight excluding hydrogens is 449 g/mol. The molecule has 1 saturated heterocycles. The van der Waals surface area contributed by atoms with E-state index in [9.17, 15) is 9.18 Å². The van der Waals surface area contributed by atoms with Crippen LogP contribution in [0.15, 0.2) is 48.5 Å². The van der Waals surface area contributed by atoms with E-state index in [1.807, 2.05) is 45.0 Å². The van der Waals surface area contributed by atoms with Crippen molar-refractivity contribution in [2.75, 3.05) is 29.9 Å². The Kier molecular flexibility index (Phi) is 6.25. The van der Waals surface area contributed by atoms with Crippen LogP contribution in [-0.2, 0) is 11.3 Å². The number of nitrogens with zero attached hydrogens (tertiary/aromatic N) is 4. The number of ether oxygens (including phenoxy) is 2. The van der Waals surface area contributed by atoms with Crippen molar-refractivity contribution in [1.29, 1.82) is 0 Å². The predicted octanol–water partition coefficient (Wildman–Crippen LogP) is 4.74. The summed E-state index contributed by atoms with van der Waals surface area (Å²) < 4.78 is 24.6. The van der Waals surface area contributed by atoms with E-state index in [1.54, 1.807) is 17.0 Å². The number of amides is 1. The molecule has 0 spiro atoms. The summed E-state index contributed by atoms with van der Waals surface area (Å²) in [6, 6.07) is 13.3. The molecule has 1 fully saturated rings. The number of fused-ring (bicyclic) bond motifs is 1. The average molecular weight is 478 g/mol. The number of nitrogens with one attached hydrogen (secondary N) is 1. The number of carbonyl (C=O) groups excluding carboxylic acids is 1. The first kappa shape index (κ1) is 23.0. The monoisotopic (exact) mass is 477 g/mol. The van der Waals surface area contributed by atoms with Gasteiger partial charge in [0, 0.05) is 30.4 Å². The molecular formula is C26H28FN5O3. The highest BCUT2D eigenvalue weighted by molar-refractivity contribution is 5.98. The van der Waals surface area contributed by atoms with Gasteiger partial charge in [-0.3, -0.25) is 4.79 Å². The Morgan fingerprint density at radius 1 is 1.09 bits per heavy atom. The fourth-order valence-electron chi connectivity index (χ4n) is 4.22. The number of hydrogen-bond donors (Lipinski definition) is 1. The van der Waals surface area contributed by atoms with Gasteiger partial charge in [0.25, 0.3) is 5.91 Å². The number of benzene rings is 2. The molecule has 1 N–H and O–H groups in total. The Bertz CT molecular complexity index is 1220. The molecule has 1 unspecified atom stereocenters. The van der Waals surface area contributed by atoms with Crippen molar-refractivity contribution in [3.63, 3.8) is 0 Å². The molecule has 0 aliphatic carbocycles. The van der Waals surface area contributed by atoms with Crippen molar-refractivity contribution in [1.82, 2.24) is 14.9 Å². The van der Waals surface area contributed by atoms with E-state index in [4.69, 9.17) is 14.5 Å². The summed E-state index contributed by atoms with van der Waals surface area (Å²) in [5, 5.41) is 3.38. The average Bonchev–Trinajstić information content (AvgIpc) is 3.19. The van der Waals surface area contributed by atoms with Gasteiger partial charge in [0.2, 0.25) is 5.95 Å². The third kappa shape index (κ3) is 4.90. The SMILES string of the molecule is CC1CN(c2nc(Nc3ccc(Oc4ccc(F)cc4)cc3)c3c(n2)C(=O)N(C(C)C)C3)CCO1. The molecule has 2 aliphatic rings. The summed E-state index contributed by atoms with van der Waals surface area (Å²) in [7, 11) is 0. The minimum atomic E-state index is -0.310.